The van der Waals surface area contributed by atoms with E-state index >= 15 is 0 Å². The summed E-state index contributed by atoms with van der Waals surface area (Å²) in [5.41, 5.74) is 1.05. The molecule has 2 aromatic rings. The molecular weight excluding hydrogens is 380 g/mol. The van der Waals surface area contributed by atoms with Crippen LogP contribution in [0.15, 0.2) is 41.1 Å². The number of nitrogens with one attached hydrogen (secondary N) is 1. The predicted molar refractivity (Wildman–Crippen MR) is 94.8 cm³/mol. The van der Waals surface area contributed by atoms with E-state index in [1.807, 2.05) is 18.2 Å². The van der Waals surface area contributed by atoms with E-state index in [0.717, 1.165) is 36.1 Å². The molecule has 0 radical (unpaired) electrons. The number of hydrogen-bond donors (Lipinski definition) is 1. The van der Waals surface area contributed by atoms with Gasteiger partial charge in [0.05, 0.1) is 0 Å². The average Bonchev–Trinajstić information content (AvgIpc) is 2.57. The fourth-order valence-electron chi connectivity index (χ4n) is 2.67. The summed E-state index contributed by atoms with van der Waals surface area (Å²) in [5, 5.41) is 3.37. The van der Waals surface area contributed by atoms with Crippen molar-refractivity contribution in [3.05, 3.63) is 46.3 Å². The lowest BCUT2D eigenvalue weighted by Gasteiger charge is -2.32. The van der Waals surface area contributed by atoms with Crippen molar-refractivity contribution in [3.63, 3.8) is 0 Å². The first-order chi connectivity index (χ1) is 11.1. The minimum absolute atomic E-state index is 0.00834. The lowest BCUT2D eigenvalue weighted by atomic mass is 9.95. The van der Waals surface area contributed by atoms with Crippen LogP contribution >= 0.6 is 27.5 Å². The maximum atomic E-state index is 12.3. The van der Waals surface area contributed by atoms with Gasteiger partial charge < -0.3 is 10.2 Å². The van der Waals surface area contributed by atoms with Crippen molar-refractivity contribution in [2.75, 3.05) is 23.3 Å². The third kappa shape index (κ3) is 4.20. The summed E-state index contributed by atoms with van der Waals surface area (Å²) in [6, 6.07) is 7.44. The lowest BCUT2D eigenvalue weighted by molar-refractivity contribution is -0.120. The van der Waals surface area contributed by atoms with Gasteiger partial charge in [0.2, 0.25) is 5.91 Å². The third-order valence-electron chi connectivity index (χ3n) is 3.92. The molecule has 1 N–H and O–H groups in total. The highest BCUT2D eigenvalue weighted by Gasteiger charge is 2.25. The Balaban J connectivity index is 1.56. The molecule has 0 saturated carbocycles. The molecule has 1 amide bonds. The molecule has 7 heteroatoms. The molecule has 0 aliphatic carbocycles. The fraction of sp³-hybridized carbons (Fsp3) is 0.312. The Morgan fingerprint density at radius 2 is 2.04 bits per heavy atom. The molecular formula is C16H16BrClN4O. The highest BCUT2D eigenvalue weighted by molar-refractivity contribution is 9.10. The van der Waals surface area contributed by atoms with Crippen molar-refractivity contribution in [1.82, 2.24) is 9.97 Å². The van der Waals surface area contributed by atoms with Gasteiger partial charge in [0.15, 0.2) is 0 Å². The van der Waals surface area contributed by atoms with E-state index in [1.54, 1.807) is 18.5 Å². The topological polar surface area (TPSA) is 58.1 Å². The number of aromatic nitrogens is 2. The molecule has 0 atom stereocenters. The molecule has 1 aliphatic rings. The number of anilines is 2. The Kier molecular flexibility index (Phi) is 5.13. The van der Waals surface area contributed by atoms with Crippen molar-refractivity contribution >= 4 is 44.9 Å². The van der Waals surface area contributed by atoms with E-state index < -0.39 is 0 Å². The second kappa shape index (κ2) is 7.27. The van der Waals surface area contributed by atoms with E-state index in [0.29, 0.717) is 11.0 Å². The summed E-state index contributed by atoms with van der Waals surface area (Å²) in [7, 11) is 0. The molecule has 1 aliphatic heterocycles. The van der Waals surface area contributed by atoms with Crippen molar-refractivity contribution in [1.29, 1.82) is 0 Å². The first-order valence-electron chi connectivity index (χ1n) is 7.41. The largest absolute Gasteiger partial charge is 0.371 e. The zero-order valence-electron chi connectivity index (χ0n) is 12.4. The molecule has 0 aromatic carbocycles. The number of amides is 1. The SMILES string of the molecule is O=C(Nc1ccc(Br)cn1)C1CCN(c2ccnc(Cl)c2)CC1. The van der Waals surface area contributed by atoms with Crippen LogP contribution in [0.5, 0.6) is 0 Å². The van der Waals surface area contributed by atoms with E-state index in [2.05, 4.69) is 36.1 Å². The number of pyridine rings is 2. The highest BCUT2D eigenvalue weighted by Crippen LogP contribution is 2.25. The van der Waals surface area contributed by atoms with Crippen LogP contribution < -0.4 is 10.2 Å². The smallest absolute Gasteiger partial charge is 0.228 e. The van der Waals surface area contributed by atoms with Gasteiger partial charge in [-0.05, 0) is 53.0 Å². The minimum Gasteiger partial charge on any atom is -0.371 e. The fourth-order valence-corrected chi connectivity index (χ4v) is 3.07. The van der Waals surface area contributed by atoms with E-state index in [9.17, 15) is 4.79 Å². The Morgan fingerprint density at radius 1 is 1.26 bits per heavy atom. The van der Waals surface area contributed by atoms with Gasteiger partial charge >= 0.3 is 0 Å². The highest BCUT2D eigenvalue weighted by atomic mass is 79.9. The van der Waals surface area contributed by atoms with Crippen LogP contribution in [0.4, 0.5) is 11.5 Å². The zero-order valence-corrected chi connectivity index (χ0v) is 14.7. The maximum Gasteiger partial charge on any atom is 0.228 e. The molecule has 1 saturated heterocycles. The maximum absolute atomic E-state index is 12.3. The monoisotopic (exact) mass is 394 g/mol. The Bertz CT molecular complexity index is 687. The van der Waals surface area contributed by atoms with Gasteiger partial charge in [-0.3, -0.25) is 4.79 Å². The van der Waals surface area contributed by atoms with Crippen molar-refractivity contribution in [2.45, 2.75) is 12.8 Å². The summed E-state index contributed by atoms with van der Waals surface area (Å²) in [6.45, 7) is 1.65. The number of nitrogens with zero attached hydrogens (tertiary/aromatic N) is 3. The van der Waals surface area contributed by atoms with E-state index in [-0.39, 0.29) is 11.8 Å². The van der Waals surface area contributed by atoms with Gasteiger partial charge in [-0.2, -0.15) is 0 Å². The number of carbonyl (C=O) groups is 1. The molecule has 2 aromatic heterocycles. The van der Waals surface area contributed by atoms with E-state index in [1.165, 1.54) is 0 Å². The summed E-state index contributed by atoms with van der Waals surface area (Å²) in [6.07, 6.45) is 4.99. The number of piperidine rings is 1. The second-order valence-corrected chi connectivity index (χ2v) is 6.75. The molecule has 1 fully saturated rings. The number of rotatable bonds is 3. The lowest BCUT2D eigenvalue weighted by Crippen LogP contribution is -2.38. The number of halogens is 2. The van der Waals surface area contributed by atoms with Crippen LogP contribution in [0.1, 0.15) is 12.8 Å². The van der Waals surface area contributed by atoms with Crippen LogP contribution in [0.2, 0.25) is 5.15 Å². The van der Waals surface area contributed by atoms with Crippen LogP contribution in [0.25, 0.3) is 0 Å². The Morgan fingerprint density at radius 3 is 2.70 bits per heavy atom. The summed E-state index contributed by atoms with van der Waals surface area (Å²) < 4.78 is 0.889. The summed E-state index contributed by atoms with van der Waals surface area (Å²) >= 11 is 9.26. The first-order valence-corrected chi connectivity index (χ1v) is 8.58. The Hall–Kier alpha value is -1.66. The van der Waals surface area contributed by atoms with Gasteiger partial charge in [-0.15, -0.1) is 0 Å². The molecule has 0 bridgehead atoms. The average molecular weight is 396 g/mol. The zero-order chi connectivity index (χ0) is 16.2. The quantitative estimate of drug-likeness (QED) is 0.804. The number of carbonyl (C=O) groups excluding carboxylic acids is 1. The first kappa shape index (κ1) is 16.2. The van der Waals surface area contributed by atoms with Crippen molar-refractivity contribution in [3.8, 4) is 0 Å². The van der Waals surface area contributed by atoms with Crippen LogP contribution in [0, 0.1) is 5.92 Å². The summed E-state index contributed by atoms with van der Waals surface area (Å²) in [5.74, 6) is 0.628. The molecule has 0 spiro atoms. The van der Waals surface area contributed by atoms with Gasteiger partial charge in [0, 0.05) is 41.6 Å². The summed E-state index contributed by atoms with van der Waals surface area (Å²) in [4.78, 5) is 22.7. The predicted octanol–water partition coefficient (Wildman–Crippen LogP) is 3.75. The van der Waals surface area contributed by atoms with Gasteiger partial charge in [-0.1, -0.05) is 11.6 Å². The molecule has 3 rings (SSSR count). The van der Waals surface area contributed by atoms with E-state index in [4.69, 9.17) is 11.6 Å². The number of hydrogen-bond acceptors (Lipinski definition) is 4. The van der Waals surface area contributed by atoms with Gasteiger partial charge in [0.25, 0.3) is 0 Å². The minimum atomic E-state index is 0.00834. The van der Waals surface area contributed by atoms with Crippen molar-refractivity contribution in [2.24, 2.45) is 5.92 Å². The molecule has 5 nitrogen and oxygen atoms in total. The molecule has 0 unspecified atom stereocenters. The van der Waals surface area contributed by atoms with Gasteiger partial charge in [0.1, 0.15) is 11.0 Å². The van der Waals surface area contributed by atoms with Crippen LogP contribution in [0.3, 0.4) is 0 Å². The standard InChI is InChI=1S/C16H16BrClN4O/c17-12-1-2-15(20-10-12)21-16(23)11-4-7-22(8-5-11)13-3-6-19-14(18)9-13/h1-3,6,9-11H,4-5,7-8H2,(H,20,21,23). The van der Waals surface area contributed by atoms with Crippen molar-refractivity contribution < 1.29 is 4.79 Å². The molecule has 120 valence electrons. The molecule has 3 heterocycles. The normalized spacial score (nSPS) is 15.5. The van der Waals surface area contributed by atoms with Crippen LogP contribution in [-0.4, -0.2) is 29.0 Å². The van der Waals surface area contributed by atoms with Gasteiger partial charge in [-0.25, -0.2) is 9.97 Å². The van der Waals surface area contributed by atoms with Crippen LogP contribution in [-0.2, 0) is 4.79 Å². The molecule has 23 heavy (non-hydrogen) atoms. The third-order valence-corrected chi connectivity index (χ3v) is 4.60. The Labute approximate surface area is 148 Å². The second-order valence-electron chi connectivity index (χ2n) is 5.45.